The van der Waals surface area contributed by atoms with Gasteiger partial charge in [0, 0.05) is 47.3 Å². The number of rotatable bonds is 7. The fraction of sp³-hybridized carbons (Fsp3) is 0.433. The van der Waals surface area contributed by atoms with Gasteiger partial charge >= 0.3 is 5.97 Å². The number of carbonyl (C=O) groups excluding carboxylic acids is 1. The second-order valence-electron chi connectivity index (χ2n) is 11.5. The molecule has 2 aromatic heterocycles. The first kappa shape index (κ1) is 30.8. The number of anilines is 2. The van der Waals surface area contributed by atoms with E-state index in [0.29, 0.717) is 33.7 Å². The Labute approximate surface area is 273 Å². The molecular weight excluding hydrogens is 649 g/mol. The molecule has 0 spiro atoms. The summed E-state index contributed by atoms with van der Waals surface area (Å²) in [6.07, 6.45) is 5.04. The maximum atomic E-state index is 13.3. The maximum absolute atomic E-state index is 13.3. The van der Waals surface area contributed by atoms with Crippen LogP contribution in [0.1, 0.15) is 42.1 Å². The minimum atomic E-state index is -1.08. The first-order chi connectivity index (χ1) is 20.6. The largest absolute Gasteiger partial charge is 0.478 e. The van der Waals surface area contributed by atoms with Crippen LogP contribution in [0.4, 0.5) is 10.1 Å². The minimum Gasteiger partial charge on any atom is -0.478 e. The highest BCUT2D eigenvalue weighted by Crippen LogP contribution is 2.46. The van der Waals surface area contributed by atoms with E-state index in [-0.39, 0.29) is 21.2 Å². The lowest BCUT2D eigenvalue weighted by Gasteiger charge is -2.38. The maximum Gasteiger partial charge on any atom is 0.331 e. The van der Waals surface area contributed by atoms with Gasteiger partial charge in [0.1, 0.15) is 10.7 Å². The predicted molar refractivity (Wildman–Crippen MR) is 177 cm³/mol. The second kappa shape index (κ2) is 12.7. The fourth-order valence-electron chi connectivity index (χ4n) is 6.42. The zero-order valence-electron chi connectivity index (χ0n) is 23.8. The van der Waals surface area contributed by atoms with Crippen LogP contribution in [0.2, 0.25) is 15.1 Å². The van der Waals surface area contributed by atoms with E-state index in [0.717, 1.165) is 41.8 Å². The molecule has 3 aliphatic rings. The molecule has 2 N–H and O–H groups in total. The van der Waals surface area contributed by atoms with Gasteiger partial charge in [0.2, 0.25) is 0 Å². The number of piperidine rings is 1. The van der Waals surface area contributed by atoms with E-state index in [1.165, 1.54) is 73.6 Å². The average molecular weight is 681 g/mol. The van der Waals surface area contributed by atoms with Gasteiger partial charge in [0.25, 0.3) is 5.91 Å². The Morgan fingerprint density at radius 1 is 1.07 bits per heavy atom. The fourth-order valence-corrected chi connectivity index (χ4v) is 9.14. The third-order valence-electron chi connectivity index (χ3n) is 8.70. The number of thiophene rings is 1. The van der Waals surface area contributed by atoms with E-state index in [4.69, 9.17) is 39.8 Å². The van der Waals surface area contributed by atoms with E-state index in [2.05, 4.69) is 27.1 Å². The van der Waals surface area contributed by atoms with Crippen LogP contribution in [-0.2, 0) is 4.79 Å². The molecule has 3 aliphatic heterocycles. The average Bonchev–Trinajstić information content (AvgIpc) is 3.75. The van der Waals surface area contributed by atoms with E-state index in [9.17, 15) is 14.7 Å². The molecular formula is C30H32Cl3N5O3S2. The first-order valence-electron chi connectivity index (χ1n) is 14.2. The quantitative estimate of drug-likeness (QED) is 0.256. The highest BCUT2D eigenvalue weighted by atomic mass is 35.5. The van der Waals surface area contributed by atoms with E-state index < -0.39 is 11.9 Å². The molecule has 0 bridgehead atoms. The van der Waals surface area contributed by atoms with Crippen LogP contribution in [0, 0.1) is 5.92 Å². The molecule has 3 aromatic rings. The van der Waals surface area contributed by atoms with Crippen LogP contribution in [0.5, 0.6) is 0 Å². The van der Waals surface area contributed by atoms with Crippen molar-refractivity contribution in [1.29, 1.82) is 0 Å². The Kier molecular flexibility index (Phi) is 9.08. The molecule has 2 atom stereocenters. The molecule has 0 aliphatic carbocycles. The molecule has 1 aromatic carbocycles. The van der Waals surface area contributed by atoms with Crippen molar-refractivity contribution in [3.63, 3.8) is 0 Å². The first-order valence-corrected chi connectivity index (χ1v) is 17.1. The molecule has 0 saturated carbocycles. The number of likely N-dealkylation sites (tertiary alicyclic amines) is 2. The van der Waals surface area contributed by atoms with E-state index in [1.54, 1.807) is 0 Å². The summed E-state index contributed by atoms with van der Waals surface area (Å²) in [6, 6.07) is 6.05. The van der Waals surface area contributed by atoms with Crippen molar-refractivity contribution >= 4 is 85.6 Å². The van der Waals surface area contributed by atoms with Gasteiger partial charge in [0.15, 0.2) is 5.13 Å². The lowest BCUT2D eigenvalue weighted by atomic mass is 10.0. The number of carboxylic acids is 1. The van der Waals surface area contributed by atoms with Gasteiger partial charge in [-0.1, -0.05) is 46.1 Å². The van der Waals surface area contributed by atoms with Crippen LogP contribution >= 0.6 is 57.5 Å². The number of halogens is 3. The van der Waals surface area contributed by atoms with Crippen LogP contribution in [0.3, 0.4) is 0 Å². The highest BCUT2D eigenvalue weighted by molar-refractivity contribution is 7.21. The second-order valence-corrected chi connectivity index (χ2v) is 14.7. The van der Waals surface area contributed by atoms with Crippen molar-refractivity contribution in [3.05, 3.63) is 55.3 Å². The number of amides is 1. The summed E-state index contributed by atoms with van der Waals surface area (Å²) < 4.78 is 0. The third kappa shape index (κ3) is 6.47. The number of benzene rings is 1. The van der Waals surface area contributed by atoms with Gasteiger partial charge in [-0.25, -0.2) is 9.78 Å². The molecule has 13 heteroatoms. The zero-order chi connectivity index (χ0) is 30.4. The number of thiazole rings is 1. The van der Waals surface area contributed by atoms with Crippen molar-refractivity contribution in [3.8, 4) is 10.6 Å². The molecule has 6 rings (SSSR count). The molecule has 1 amide bonds. The van der Waals surface area contributed by atoms with E-state index in [1.807, 2.05) is 11.4 Å². The zero-order valence-corrected chi connectivity index (χ0v) is 27.7. The standard InChI is InChI=1S/C30H32Cl3N5O3S2/c1-16(29(40)41)9-21-22(32)10-18(11-23(21)33)27(39)35-30-34-26(25-12-19(31)15-42-25)28(43-30)37-13-17-3-8-38(24(17)14-37)20-4-6-36(2)7-5-20/h9-12,15,17,20,24H,3-8,13-14H2,1-2H3,(H,40,41)(H,34,35,39)/b16-9+. The SMILES string of the molecule is C/C(=C\c1c(Cl)cc(C(=O)Nc2nc(-c3cc(Cl)cs3)c(N3CC4CCN(C5CCN(C)CC5)C4C3)s2)cc1Cl)C(=O)O. The molecule has 3 fully saturated rings. The number of aromatic nitrogens is 1. The molecule has 8 nitrogen and oxygen atoms in total. The van der Waals surface area contributed by atoms with Gasteiger partial charge < -0.3 is 14.9 Å². The molecule has 43 heavy (non-hydrogen) atoms. The summed E-state index contributed by atoms with van der Waals surface area (Å²) in [6.45, 7) is 6.83. The monoisotopic (exact) mass is 679 g/mol. The Morgan fingerprint density at radius 2 is 1.79 bits per heavy atom. The van der Waals surface area contributed by atoms with Crippen molar-refractivity contribution in [2.24, 2.45) is 5.92 Å². The number of fused-ring (bicyclic) bond motifs is 1. The van der Waals surface area contributed by atoms with Gasteiger partial charge in [-0.15, -0.1) is 11.3 Å². The normalized spacial score (nSPS) is 21.9. The summed E-state index contributed by atoms with van der Waals surface area (Å²) in [5.74, 6) is -0.870. The van der Waals surface area contributed by atoms with Crippen molar-refractivity contribution in [2.75, 3.05) is 50.0 Å². The van der Waals surface area contributed by atoms with Crippen molar-refractivity contribution < 1.29 is 14.7 Å². The van der Waals surface area contributed by atoms with Gasteiger partial charge in [-0.2, -0.15) is 0 Å². The number of carboxylic acid groups (broad SMARTS) is 1. The minimum absolute atomic E-state index is 0.0815. The lowest BCUT2D eigenvalue weighted by Crippen LogP contribution is -2.47. The molecule has 2 unspecified atom stereocenters. The van der Waals surface area contributed by atoms with Crippen LogP contribution < -0.4 is 10.2 Å². The number of aliphatic carboxylic acids is 1. The van der Waals surface area contributed by atoms with Crippen LogP contribution in [-0.4, -0.2) is 83.6 Å². The Hall–Kier alpha value is -2.18. The van der Waals surface area contributed by atoms with Gasteiger partial charge in [-0.05, 0) is 83.1 Å². The van der Waals surface area contributed by atoms with Gasteiger partial charge in [-0.3, -0.25) is 15.0 Å². The number of nitrogens with zero attached hydrogens (tertiary/aromatic N) is 4. The van der Waals surface area contributed by atoms with E-state index >= 15 is 0 Å². The molecule has 0 radical (unpaired) electrons. The van der Waals surface area contributed by atoms with Gasteiger partial charge in [0.05, 0.1) is 19.9 Å². The Balaban J connectivity index is 1.24. The summed E-state index contributed by atoms with van der Waals surface area (Å²) in [5, 5.41) is 16.6. The molecule has 3 saturated heterocycles. The molecule has 5 heterocycles. The summed E-state index contributed by atoms with van der Waals surface area (Å²) >= 11 is 22.1. The molecule has 228 valence electrons. The Morgan fingerprint density at radius 3 is 2.44 bits per heavy atom. The number of hydrogen-bond acceptors (Lipinski definition) is 8. The van der Waals surface area contributed by atoms with Crippen molar-refractivity contribution in [2.45, 2.75) is 38.3 Å². The summed E-state index contributed by atoms with van der Waals surface area (Å²) in [7, 11) is 2.21. The van der Waals surface area contributed by atoms with Crippen molar-refractivity contribution in [1.82, 2.24) is 14.8 Å². The summed E-state index contributed by atoms with van der Waals surface area (Å²) in [4.78, 5) is 38.0. The third-order valence-corrected chi connectivity index (χ3v) is 11.6. The highest BCUT2D eigenvalue weighted by Gasteiger charge is 2.45. The number of hydrogen-bond donors (Lipinski definition) is 2. The topological polar surface area (TPSA) is 89.0 Å². The number of nitrogens with one attached hydrogen (secondary N) is 1. The van der Waals surface area contributed by atoms with Crippen LogP contribution in [0.25, 0.3) is 16.6 Å². The van der Waals surface area contributed by atoms with Crippen LogP contribution in [0.15, 0.2) is 29.2 Å². The summed E-state index contributed by atoms with van der Waals surface area (Å²) in [5.41, 5.74) is 1.51. The predicted octanol–water partition coefficient (Wildman–Crippen LogP) is 7.18. The lowest BCUT2D eigenvalue weighted by molar-refractivity contribution is -0.132. The Bertz CT molecular complexity index is 1560. The smallest absolute Gasteiger partial charge is 0.331 e. The number of carbonyl (C=O) groups is 2.